The maximum Gasteiger partial charge on any atom is 0.336 e. The van der Waals surface area contributed by atoms with Crippen LogP contribution in [0.5, 0.6) is 5.75 Å². The number of nitrogens with one attached hydrogen (secondary N) is 1. The first kappa shape index (κ1) is 41.7. The minimum absolute atomic E-state index is 0.0472. The Balaban J connectivity index is 2.00. The van der Waals surface area contributed by atoms with Crippen LogP contribution in [0, 0.1) is 17.8 Å². The molecule has 11 nitrogen and oxygen atoms in total. The highest BCUT2D eigenvalue weighted by Gasteiger charge is 2.47. The summed E-state index contributed by atoms with van der Waals surface area (Å²) < 4.78 is 22.5. The second-order valence-corrected chi connectivity index (χ2v) is 12.5. The molecular formula is C38H57NO10. The van der Waals surface area contributed by atoms with Gasteiger partial charge in [-0.3, -0.25) is 4.79 Å². The van der Waals surface area contributed by atoms with E-state index < -0.39 is 54.2 Å². The first-order valence-corrected chi connectivity index (χ1v) is 17.7. The molecule has 49 heavy (non-hydrogen) atoms. The van der Waals surface area contributed by atoms with Gasteiger partial charge >= 0.3 is 11.9 Å². The average Bonchev–Trinajstić information content (AvgIpc) is 3.56. The van der Waals surface area contributed by atoms with Gasteiger partial charge in [0.25, 0.3) is 0 Å². The summed E-state index contributed by atoms with van der Waals surface area (Å²) >= 11 is 0. The van der Waals surface area contributed by atoms with E-state index in [1.165, 1.54) is 38.9 Å². The lowest BCUT2D eigenvalue weighted by Crippen LogP contribution is -2.55. The molecule has 0 aliphatic carbocycles. The summed E-state index contributed by atoms with van der Waals surface area (Å²) in [6.45, 7) is 4.75. The van der Waals surface area contributed by atoms with Crippen LogP contribution in [-0.2, 0) is 35.0 Å². The summed E-state index contributed by atoms with van der Waals surface area (Å²) in [4.78, 5) is 38.4. The highest BCUT2D eigenvalue weighted by Crippen LogP contribution is 2.32. The Morgan fingerprint density at radius 3 is 2.22 bits per heavy atom. The molecule has 0 saturated carbocycles. The van der Waals surface area contributed by atoms with E-state index in [2.05, 4.69) is 24.1 Å². The van der Waals surface area contributed by atoms with Crippen molar-refractivity contribution in [2.24, 2.45) is 5.92 Å². The molecule has 1 aliphatic heterocycles. The van der Waals surface area contributed by atoms with E-state index >= 15 is 0 Å². The number of methoxy groups -OCH3 is 1. The summed E-state index contributed by atoms with van der Waals surface area (Å²) in [5, 5.41) is 33.1. The lowest BCUT2D eigenvalue weighted by atomic mass is 9.83. The molecule has 1 amide bonds. The van der Waals surface area contributed by atoms with Gasteiger partial charge in [-0.2, -0.15) is 0 Å². The second-order valence-electron chi connectivity index (χ2n) is 12.5. The fraction of sp³-hybridized carbons (Fsp3) is 0.658. The maximum atomic E-state index is 13.5. The minimum Gasteiger partial charge on any atom is -0.481 e. The van der Waals surface area contributed by atoms with Gasteiger partial charge in [0.2, 0.25) is 5.91 Å². The third-order valence-corrected chi connectivity index (χ3v) is 8.80. The molecule has 1 aromatic carbocycles. The maximum absolute atomic E-state index is 13.5. The molecule has 3 atom stereocenters. The number of carboxylic acid groups (broad SMARTS) is 1. The fourth-order valence-electron chi connectivity index (χ4n) is 5.93. The Bertz CT molecular complexity index is 1220. The molecule has 0 unspecified atom stereocenters. The minimum atomic E-state index is -2.59. The number of aliphatic hydroxyl groups excluding tert-OH is 1. The van der Waals surface area contributed by atoms with Crippen LogP contribution in [0.15, 0.2) is 36.4 Å². The number of hydrogen-bond donors (Lipinski definition) is 4. The van der Waals surface area contributed by atoms with Gasteiger partial charge in [-0.25, -0.2) is 9.59 Å². The SMILES string of the molecule is CC#CCOc1ccc(C[C@H](NC(=O)[C@@H](C=CCCCCCCC2(CCCCCCC)OCCO2)[C@@](O)(CCO)C(=O)O)C(=O)OC)cc1. The zero-order valence-electron chi connectivity index (χ0n) is 29.5. The first-order chi connectivity index (χ1) is 23.6. The number of hydrogen-bond acceptors (Lipinski definition) is 9. The summed E-state index contributed by atoms with van der Waals surface area (Å²) in [6, 6.07) is 5.72. The van der Waals surface area contributed by atoms with Gasteiger partial charge in [0.15, 0.2) is 11.4 Å². The van der Waals surface area contributed by atoms with Gasteiger partial charge < -0.3 is 39.6 Å². The van der Waals surface area contributed by atoms with Crippen LogP contribution in [-0.4, -0.2) is 84.1 Å². The number of benzene rings is 1. The van der Waals surface area contributed by atoms with Crippen LogP contribution in [0.2, 0.25) is 0 Å². The quantitative estimate of drug-likeness (QED) is 0.0471. The van der Waals surface area contributed by atoms with Gasteiger partial charge in [-0.15, -0.1) is 5.92 Å². The molecule has 1 aromatic rings. The fourth-order valence-corrected chi connectivity index (χ4v) is 5.93. The summed E-state index contributed by atoms with van der Waals surface area (Å²) in [7, 11) is 1.19. The first-order valence-electron chi connectivity index (χ1n) is 17.7. The van der Waals surface area contributed by atoms with Gasteiger partial charge in [-0.1, -0.05) is 75.7 Å². The van der Waals surface area contributed by atoms with Crippen molar-refractivity contribution in [2.45, 2.75) is 121 Å². The molecular weight excluding hydrogens is 630 g/mol. The van der Waals surface area contributed by atoms with Crippen molar-refractivity contribution in [3.8, 4) is 17.6 Å². The van der Waals surface area contributed by atoms with Crippen LogP contribution < -0.4 is 10.1 Å². The number of ether oxygens (including phenoxy) is 4. The Kier molecular flexibility index (Phi) is 19.6. The Hall–Kier alpha value is -3.43. The summed E-state index contributed by atoms with van der Waals surface area (Å²) in [5.41, 5.74) is -1.91. The van der Waals surface area contributed by atoms with E-state index in [0.717, 1.165) is 44.9 Å². The van der Waals surface area contributed by atoms with Gasteiger partial charge in [0.05, 0.1) is 26.2 Å². The lowest BCUT2D eigenvalue weighted by molar-refractivity contribution is -0.169. The van der Waals surface area contributed by atoms with E-state index in [4.69, 9.17) is 18.9 Å². The number of rotatable bonds is 25. The van der Waals surface area contributed by atoms with Crippen molar-refractivity contribution in [2.75, 3.05) is 33.5 Å². The molecule has 1 heterocycles. The topological polar surface area (TPSA) is 161 Å². The molecule has 0 bridgehead atoms. The molecule has 4 N–H and O–H groups in total. The Labute approximate surface area is 291 Å². The molecule has 11 heteroatoms. The standard InChI is InChI=1S/C38H57NO10/c1-4-6-8-12-15-22-37(48-27-28-49-37)23-16-13-10-9-11-14-17-32(38(45,24-25-40)36(43)44)34(41)39-33(35(42)46-3)29-30-18-20-31(21-19-30)47-26-7-5-2/h14,17-21,32-33,40,45H,4,6,8-13,15-16,22-29H2,1-3H3,(H,39,41)(H,43,44)/t32-,33+,38+/m1/s1. The predicted octanol–water partition coefficient (Wildman–Crippen LogP) is 5.10. The van der Waals surface area contributed by atoms with Crippen molar-refractivity contribution in [1.82, 2.24) is 5.32 Å². The molecule has 1 saturated heterocycles. The van der Waals surface area contributed by atoms with Crippen molar-refractivity contribution in [3.05, 3.63) is 42.0 Å². The second kappa shape index (κ2) is 23.1. The van der Waals surface area contributed by atoms with Crippen LogP contribution >= 0.6 is 0 Å². The van der Waals surface area contributed by atoms with Crippen LogP contribution in [0.4, 0.5) is 0 Å². The van der Waals surface area contributed by atoms with E-state index in [9.17, 15) is 29.7 Å². The largest absolute Gasteiger partial charge is 0.481 e. The van der Waals surface area contributed by atoms with Crippen molar-refractivity contribution < 1.29 is 48.7 Å². The molecule has 0 spiro atoms. The number of esters is 1. The number of aliphatic hydroxyl groups is 2. The zero-order chi connectivity index (χ0) is 36.0. The normalized spacial score (nSPS) is 16.3. The van der Waals surface area contributed by atoms with E-state index in [0.29, 0.717) is 30.9 Å². The van der Waals surface area contributed by atoms with Crippen LogP contribution in [0.3, 0.4) is 0 Å². The van der Waals surface area contributed by atoms with E-state index in [-0.39, 0.29) is 13.0 Å². The lowest BCUT2D eigenvalue weighted by Gasteiger charge is -2.30. The van der Waals surface area contributed by atoms with E-state index in [1.807, 2.05) is 0 Å². The Morgan fingerprint density at radius 1 is 1.02 bits per heavy atom. The van der Waals surface area contributed by atoms with Gasteiger partial charge in [0, 0.05) is 32.3 Å². The van der Waals surface area contributed by atoms with Crippen molar-refractivity contribution in [1.29, 1.82) is 0 Å². The molecule has 0 radical (unpaired) electrons. The average molecular weight is 688 g/mol. The number of carbonyl (C=O) groups is 3. The van der Waals surface area contributed by atoms with Crippen molar-refractivity contribution in [3.63, 3.8) is 0 Å². The Morgan fingerprint density at radius 2 is 1.65 bits per heavy atom. The highest BCUT2D eigenvalue weighted by molar-refractivity contribution is 5.92. The third-order valence-electron chi connectivity index (χ3n) is 8.80. The number of carbonyl (C=O) groups excluding carboxylic acids is 2. The highest BCUT2D eigenvalue weighted by atomic mass is 16.7. The van der Waals surface area contributed by atoms with Gasteiger partial charge in [-0.05, 0) is 50.3 Å². The summed E-state index contributed by atoms with van der Waals surface area (Å²) in [5.74, 6) is 0.827. The van der Waals surface area contributed by atoms with Crippen LogP contribution in [0.1, 0.15) is 103 Å². The molecule has 0 aromatic heterocycles. The van der Waals surface area contributed by atoms with Crippen LogP contribution in [0.25, 0.3) is 0 Å². The monoisotopic (exact) mass is 687 g/mol. The molecule has 1 fully saturated rings. The third kappa shape index (κ3) is 14.5. The molecule has 2 rings (SSSR count). The summed E-state index contributed by atoms with van der Waals surface area (Å²) in [6.07, 6.45) is 14.4. The predicted molar refractivity (Wildman–Crippen MR) is 186 cm³/mol. The van der Waals surface area contributed by atoms with Gasteiger partial charge in [0.1, 0.15) is 18.4 Å². The van der Waals surface area contributed by atoms with Crippen molar-refractivity contribution >= 4 is 17.8 Å². The molecule has 274 valence electrons. The zero-order valence-corrected chi connectivity index (χ0v) is 29.5. The number of carboxylic acids is 1. The smallest absolute Gasteiger partial charge is 0.336 e. The number of allylic oxidation sites excluding steroid dienone is 1. The van der Waals surface area contributed by atoms with E-state index in [1.54, 1.807) is 37.3 Å². The number of aliphatic carboxylic acids is 1. The number of unbranched alkanes of at least 4 members (excludes halogenated alkanes) is 8. The molecule has 1 aliphatic rings. The number of amides is 1.